The highest BCUT2D eigenvalue weighted by Crippen LogP contribution is 2.03. The fourth-order valence-electron chi connectivity index (χ4n) is 2.05. The van der Waals surface area contributed by atoms with Crippen LogP contribution >= 0.6 is 24.0 Å². The second-order valence-corrected chi connectivity index (χ2v) is 5.12. The average molecular weight is 407 g/mol. The first-order chi connectivity index (χ1) is 9.83. The highest BCUT2D eigenvalue weighted by molar-refractivity contribution is 14.0. The minimum Gasteiger partial charge on any atom is -0.370 e. The second-order valence-electron chi connectivity index (χ2n) is 5.12. The summed E-state index contributed by atoms with van der Waals surface area (Å²) in [5.74, 6) is 0.573. The number of aromatic nitrogens is 2. The van der Waals surface area contributed by atoms with Gasteiger partial charge in [-0.1, -0.05) is 39.0 Å². The molecule has 1 heterocycles. The van der Waals surface area contributed by atoms with Crippen molar-refractivity contribution in [3.8, 4) is 0 Å². The Morgan fingerprint density at radius 1 is 1.19 bits per heavy atom. The van der Waals surface area contributed by atoms with Gasteiger partial charge in [-0.15, -0.1) is 24.0 Å². The van der Waals surface area contributed by atoms with Crippen molar-refractivity contribution in [1.29, 1.82) is 0 Å². The van der Waals surface area contributed by atoms with E-state index in [2.05, 4.69) is 26.8 Å². The Kier molecular flexibility index (Phi) is 13.6. The summed E-state index contributed by atoms with van der Waals surface area (Å²) in [6.07, 6.45) is 14.4. The molecule has 5 nitrogen and oxygen atoms in total. The lowest BCUT2D eigenvalue weighted by Crippen LogP contribution is -2.32. The predicted octanol–water partition coefficient (Wildman–Crippen LogP) is 3.16. The number of aryl methyl sites for hydroxylation is 1. The Bertz CT molecular complexity index is 351. The predicted molar refractivity (Wildman–Crippen MR) is 100 cm³/mol. The van der Waals surface area contributed by atoms with E-state index in [4.69, 9.17) is 5.73 Å². The van der Waals surface area contributed by atoms with Gasteiger partial charge in [0.1, 0.15) is 0 Å². The molecule has 0 radical (unpaired) electrons. The molecule has 0 atom stereocenters. The van der Waals surface area contributed by atoms with Crippen LogP contribution in [0.2, 0.25) is 0 Å². The lowest BCUT2D eigenvalue weighted by Gasteiger charge is -2.05. The third kappa shape index (κ3) is 11.5. The average Bonchev–Trinajstić information content (AvgIpc) is 2.96. The van der Waals surface area contributed by atoms with Crippen molar-refractivity contribution in [2.45, 2.75) is 58.4 Å². The second kappa shape index (κ2) is 14.2. The van der Waals surface area contributed by atoms with Gasteiger partial charge in [-0.25, -0.2) is 4.98 Å². The molecule has 0 saturated carbocycles. The molecule has 0 aliphatic heterocycles. The normalized spacial score (nSPS) is 11.2. The SMILES string of the molecule is CCCCCCCCNC(N)=NCCCn1ccnc1.I. The van der Waals surface area contributed by atoms with E-state index in [1.54, 1.807) is 6.20 Å². The maximum absolute atomic E-state index is 5.82. The van der Waals surface area contributed by atoms with Gasteiger partial charge in [-0.2, -0.15) is 0 Å². The molecule has 1 rings (SSSR count). The van der Waals surface area contributed by atoms with Crippen LogP contribution in [0.1, 0.15) is 51.9 Å². The molecule has 0 aromatic carbocycles. The summed E-state index contributed by atoms with van der Waals surface area (Å²) in [4.78, 5) is 8.32. The zero-order chi connectivity index (χ0) is 14.5. The van der Waals surface area contributed by atoms with Gasteiger partial charge in [0, 0.05) is 32.0 Å². The minimum atomic E-state index is 0. The van der Waals surface area contributed by atoms with Crippen LogP contribution in [0.15, 0.2) is 23.7 Å². The Balaban J connectivity index is 0.00000400. The maximum atomic E-state index is 5.82. The number of aliphatic imine (C=N–C) groups is 1. The third-order valence-electron chi connectivity index (χ3n) is 3.25. The number of guanidine groups is 1. The number of rotatable bonds is 11. The van der Waals surface area contributed by atoms with Crippen LogP contribution in [0.5, 0.6) is 0 Å². The third-order valence-corrected chi connectivity index (χ3v) is 3.25. The van der Waals surface area contributed by atoms with Gasteiger partial charge in [0.2, 0.25) is 0 Å². The van der Waals surface area contributed by atoms with Crippen molar-refractivity contribution in [1.82, 2.24) is 14.9 Å². The van der Waals surface area contributed by atoms with Crippen LogP contribution < -0.4 is 11.1 Å². The molecule has 0 fully saturated rings. The van der Waals surface area contributed by atoms with Crippen LogP contribution in [0, 0.1) is 0 Å². The quantitative estimate of drug-likeness (QED) is 0.256. The van der Waals surface area contributed by atoms with Gasteiger partial charge in [-0.05, 0) is 12.8 Å². The topological polar surface area (TPSA) is 68.2 Å². The molecule has 0 aliphatic carbocycles. The minimum absolute atomic E-state index is 0. The Morgan fingerprint density at radius 3 is 2.67 bits per heavy atom. The van der Waals surface area contributed by atoms with Crippen LogP contribution in [0.25, 0.3) is 0 Å². The molecule has 0 unspecified atom stereocenters. The fourth-order valence-corrected chi connectivity index (χ4v) is 2.05. The Hall–Kier alpha value is -0.790. The highest BCUT2D eigenvalue weighted by Gasteiger charge is 1.93. The highest BCUT2D eigenvalue weighted by atomic mass is 127. The molecule has 122 valence electrons. The molecule has 0 bridgehead atoms. The summed E-state index contributed by atoms with van der Waals surface area (Å²) in [5.41, 5.74) is 5.82. The first-order valence-electron chi connectivity index (χ1n) is 7.82. The Labute approximate surface area is 145 Å². The molecule has 6 heteroatoms. The molecule has 1 aromatic heterocycles. The number of nitrogens with zero attached hydrogens (tertiary/aromatic N) is 3. The molecule has 0 amide bonds. The van der Waals surface area contributed by atoms with Gasteiger partial charge in [-0.3, -0.25) is 4.99 Å². The van der Waals surface area contributed by atoms with Crippen molar-refractivity contribution < 1.29 is 0 Å². The number of halogens is 1. The first kappa shape index (κ1) is 20.2. The van der Waals surface area contributed by atoms with Crippen molar-refractivity contribution in [2.75, 3.05) is 13.1 Å². The lowest BCUT2D eigenvalue weighted by atomic mass is 10.1. The summed E-state index contributed by atoms with van der Waals surface area (Å²) in [6, 6.07) is 0. The monoisotopic (exact) mass is 407 g/mol. The van der Waals surface area contributed by atoms with Gasteiger partial charge < -0.3 is 15.6 Å². The number of imidazole rings is 1. The van der Waals surface area contributed by atoms with E-state index in [1.165, 1.54) is 38.5 Å². The number of nitrogens with two attached hydrogens (primary N) is 1. The molecule has 3 N–H and O–H groups in total. The molecular weight excluding hydrogens is 377 g/mol. The summed E-state index contributed by atoms with van der Waals surface area (Å²) < 4.78 is 2.05. The largest absolute Gasteiger partial charge is 0.370 e. The molecule has 21 heavy (non-hydrogen) atoms. The van der Waals surface area contributed by atoms with Crippen LogP contribution in [0.3, 0.4) is 0 Å². The molecule has 0 saturated heterocycles. The van der Waals surface area contributed by atoms with E-state index in [1.807, 2.05) is 12.5 Å². The van der Waals surface area contributed by atoms with E-state index in [9.17, 15) is 0 Å². The van der Waals surface area contributed by atoms with Gasteiger partial charge in [0.05, 0.1) is 6.33 Å². The van der Waals surface area contributed by atoms with Crippen molar-refractivity contribution in [2.24, 2.45) is 10.7 Å². The van der Waals surface area contributed by atoms with E-state index in [0.717, 1.165) is 26.1 Å². The Morgan fingerprint density at radius 2 is 1.95 bits per heavy atom. The molecule has 0 aliphatic rings. The summed E-state index contributed by atoms with van der Waals surface area (Å²) in [7, 11) is 0. The van der Waals surface area contributed by atoms with E-state index in [-0.39, 0.29) is 24.0 Å². The molecule has 1 aromatic rings. The van der Waals surface area contributed by atoms with E-state index in [0.29, 0.717) is 5.96 Å². The van der Waals surface area contributed by atoms with Crippen molar-refractivity contribution in [3.63, 3.8) is 0 Å². The molecule has 0 spiro atoms. The van der Waals surface area contributed by atoms with Crippen molar-refractivity contribution >= 4 is 29.9 Å². The van der Waals surface area contributed by atoms with Gasteiger partial charge >= 0.3 is 0 Å². The summed E-state index contributed by atoms with van der Waals surface area (Å²) >= 11 is 0. The molecular formula is C15H30IN5. The van der Waals surface area contributed by atoms with E-state index < -0.39 is 0 Å². The van der Waals surface area contributed by atoms with Gasteiger partial charge in [0.15, 0.2) is 5.96 Å². The van der Waals surface area contributed by atoms with Crippen LogP contribution in [-0.2, 0) is 6.54 Å². The maximum Gasteiger partial charge on any atom is 0.188 e. The van der Waals surface area contributed by atoms with Crippen LogP contribution in [0.4, 0.5) is 0 Å². The van der Waals surface area contributed by atoms with Gasteiger partial charge in [0.25, 0.3) is 0 Å². The van der Waals surface area contributed by atoms with Crippen LogP contribution in [-0.4, -0.2) is 28.6 Å². The van der Waals surface area contributed by atoms with E-state index >= 15 is 0 Å². The fraction of sp³-hybridized carbons (Fsp3) is 0.733. The summed E-state index contributed by atoms with van der Waals surface area (Å²) in [5, 5.41) is 3.18. The smallest absolute Gasteiger partial charge is 0.188 e. The lowest BCUT2D eigenvalue weighted by molar-refractivity contribution is 0.601. The zero-order valence-electron chi connectivity index (χ0n) is 13.1. The summed E-state index contributed by atoms with van der Waals surface area (Å²) in [6.45, 7) is 4.87. The number of hydrogen-bond donors (Lipinski definition) is 2. The standard InChI is InChI=1S/C15H29N5.HI/c1-2-3-4-5-6-7-9-18-15(16)19-10-8-12-20-13-11-17-14-20;/h11,13-14H,2-10,12H2,1H3,(H3,16,18,19);1H. The first-order valence-corrected chi connectivity index (χ1v) is 7.82. The number of nitrogens with one attached hydrogen (secondary N) is 1. The van der Waals surface area contributed by atoms with Crippen molar-refractivity contribution in [3.05, 3.63) is 18.7 Å². The number of hydrogen-bond acceptors (Lipinski definition) is 2. The number of unbranched alkanes of at least 4 members (excludes halogenated alkanes) is 5. The zero-order valence-corrected chi connectivity index (χ0v) is 15.5.